The highest BCUT2D eigenvalue weighted by Gasteiger charge is 2.40. The molecule has 0 aliphatic carbocycles. The summed E-state index contributed by atoms with van der Waals surface area (Å²) in [6.07, 6.45) is 4.77. The van der Waals surface area contributed by atoms with Gasteiger partial charge in [0.1, 0.15) is 5.60 Å². The number of ether oxygens (including phenoxy) is 2. The van der Waals surface area contributed by atoms with E-state index in [4.69, 9.17) is 9.47 Å². The molecule has 0 spiro atoms. The van der Waals surface area contributed by atoms with Crippen molar-refractivity contribution in [1.29, 1.82) is 0 Å². The van der Waals surface area contributed by atoms with E-state index in [0.29, 0.717) is 37.8 Å². The van der Waals surface area contributed by atoms with E-state index < -0.39 is 5.60 Å². The molecule has 7 nitrogen and oxygen atoms in total. The minimum atomic E-state index is -0.567. The van der Waals surface area contributed by atoms with Gasteiger partial charge in [0.05, 0.1) is 12.6 Å². The van der Waals surface area contributed by atoms with Crippen molar-refractivity contribution in [2.24, 2.45) is 5.92 Å². The number of likely N-dealkylation sites (tertiary alicyclic amines) is 2. The number of anilines is 1. The standard InChI is InChI=1S/C28H43N3O4/c1-5-6-15-34-22-16-21(31(19-22)27(33)35-28(2,3)4)17-26(32)30-13-11-20(12-14-30)24-18-29-25-10-8-7-9-23(24)25/h7-10,20-22,24,29H,5-6,11-19H2,1-4H3/t21-,22+,24?/m0/s1. The van der Waals surface area contributed by atoms with Crippen molar-refractivity contribution in [2.45, 2.75) is 89.9 Å². The minimum Gasteiger partial charge on any atom is -0.444 e. The Bertz CT molecular complexity index is 875. The minimum absolute atomic E-state index is 0.0347. The van der Waals surface area contributed by atoms with Gasteiger partial charge in [0, 0.05) is 50.3 Å². The van der Waals surface area contributed by atoms with Crippen molar-refractivity contribution < 1.29 is 19.1 Å². The molecule has 1 aromatic carbocycles. The molecule has 194 valence electrons. The lowest BCUT2D eigenvalue weighted by atomic mass is 9.81. The largest absolute Gasteiger partial charge is 0.444 e. The molecule has 3 aliphatic rings. The number of benzene rings is 1. The van der Waals surface area contributed by atoms with Gasteiger partial charge in [0.25, 0.3) is 0 Å². The number of fused-ring (bicyclic) bond motifs is 1. The van der Waals surface area contributed by atoms with Crippen LogP contribution in [0.5, 0.6) is 0 Å². The Kier molecular flexibility index (Phi) is 8.25. The maximum atomic E-state index is 13.3. The van der Waals surface area contributed by atoms with E-state index in [-0.39, 0.29) is 24.1 Å². The number of nitrogens with zero attached hydrogens (tertiary/aromatic N) is 2. The summed E-state index contributed by atoms with van der Waals surface area (Å²) in [6, 6.07) is 8.42. The van der Waals surface area contributed by atoms with Crippen LogP contribution < -0.4 is 5.32 Å². The highest BCUT2D eigenvalue weighted by molar-refractivity contribution is 5.78. The number of amides is 2. The van der Waals surface area contributed by atoms with Gasteiger partial charge in [-0.25, -0.2) is 4.79 Å². The summed E-state index contributed by atoms with van der Waals surface area (Å²) in [5, 5.41) is 3.54. The zero-order chi connectivity index (χ0) is 25.0. The zero-order valence-electron chi connectivity index (χ0n) is 21.9. The summed E-state index contributed by atoms with van der Waals surface area (Å²) < 4.78 is 11.7. The zero-order valence-corrected chi connectivity index (χ0v) is 21.9. The summed E-state index contributed by atoms with van der Waals surface area (Å²) >= 11 is 0. The molecular weight excluding hydrogens is 442 g/mol. The number of para-hydroxylation sites is 1. The molecule has 3 atom stereocenters. The molecule has 0 aromatic heterocycles. The van der Waals surface area contributed by atoms with Crippen molar-refractivity contribution in [2.75, 3.05) is 38.1 Å². The molecule has 3 heterocycles. The van der Waals surface area contributed by atoms with Crippen LogP contribution in [0.2, 0.25) is 0 Å². The Morgan fingerprint density at radius 3 is 2.60 bits per heavy atom. The van der Waals surface area contributed by atoms with Crippen molar-refractivity contribution >= 4 is 17.7 Å². The van der Waals surface area contributed by atoms with Crippen LogP contribution in [0.4, 0.5) is 10.5 Å². The van der Waals surface area contributed by atoms with Gasteiger partial charge in [-0.3, -0.25) is 4.79 Å². The van der Waals surface area contributed by atoms with Crippen LogP contribution in [-0.2, 0) is 14.3 Å². The normalized spacial score (nSPS) is 24.9. The van der Waals surface area contributed by atoms with E-state index in [0.717, 1.165) is 45.3 Å². The number of unbranched alkanes of at least 4 members (excludes halogenated alkanes) is 1. The predicted molar refractivity (Wildman–Crippen MR) is 138 cm³/mol. The summed E-state index contributed by atoms with van der Waals surface area (Å²) in [4.78, 5) is 29.9. The number of hydrogen-bond donors (Lipinski definition) is 1. The lowest BCUT2D eigenvalue weighted by Crippen LogP contribution is -2.45. The Balaban J connectivity index is 1.32. The third-order valence-corrected chi connectivity index (χ3v) is 7.60. The van der Waals surface area contributed by atoms with Gasteiger partial charge in [-0.1, -0.05) is 31.5 Å². The van der Waals surface area contributed by atoms with E-state index in [2.05, 4.69) is 36.5 Å². The van der Waals surface area contributed by atoms with Crippen LogP contribution in [-0.4, -0.2) is 72.3 Å². The smallest absolute Gasteiger partial charge is 0.410 e. The number of carbonyl (C=O) groups is 2. The van der Waals surface area contributed by atoms with Gasteiger partial charge in [0.2, 0.25) is 5.91 Å². The van der Waals surface area contributed by atoms with Crippen LogP contribution >= 0.6 is 0 Å². The molecule has 7 heteroatoms. The highest BCUT2D eigenvalue weighted by Crippen LogP contribution is 2.40. The Hall–Kier alpha value is -2.28. The summed E-state index contributed by atoms with van der Waals surface area (Å²) in [5.74, 6) is 1.26. The number of carbonyl (C=O) groups excluding carboxylic acids is 2. The van der Waals surface area contributed by atoms with Crippen LogP contribution in [0.1, 0.15) is 77.7 Å². The average molecular weight is 486 g/mol. The summed E-state index contributed by atoms with van der Waals surface area (Å²) in [5.41, 5.74) is 2.11. The van der Waals surface area contributed by atoms with Gasteiger partial charge < -0.3 is 24.6 Å². The number of hydrogen-bond acceptors (Lipinski definition) is 5. The molecule has 35 heavy (non-hydrogen) atoms. The summed E-state index contributed by atoms with van der Waals surface area (Å²) in [7, 11) is 0. The van der Waals surface area contributed by atoms with Gasteiger partial charge in [0.15, 0.2) is 0 Å². The first-order valence-corrected chi connectivity index (χ1v) is 13.5. The predicted octanol–water partition coefficient (Wildman–Crippen LogP) is 5.02. The van der Waals surface area contributed by atoms with Crippen molar-refractivity contribution in [1.82, 2.24) is 9.80 Å². The molecule has 0 saturated carbocycles. The third-order valence-electron chi connectivity index (χ3n) is 7.60. The van der Waals surface area contributed by atoms with E-state index in [1.807, 2.05) is 25.7 Å². The highest BCUT2D eigenvalue weighted by atomic mass is 16.6. The SMILES string of the molecule is CCCCO[C@@H]1C[C@@H](CC(=O)N2CCC(C3CNc4ccccc43)CC2)N(C(=O)OC(C)(C)C)C1. The second kappa shape index (κ2) is 11.2. The Morgan fingerprint density at radius 1 is 1.14 bits per heavy atom. The van der Waals surface area contributed by atoms with Crippen LogP contribution in [0.15, 0.2) is 24.3 Å². The Labute approximate surface area is 210 Å². The van der Waals surface area contributed by atoms with Crippen molar-refractivity contribution in [3.63, 3.8) is 0 Å². The van der Waals surface area contributed by atoms with E-state index in [9.17, 15) is 9.59 Å². The fraction of sp³-hybridized carbons (Fsp3) is 0.714. The van der Waals surface area contributed by atoms with Crippen molar-refractivity contribution in [3.8, 4) is 0 Å². The molecule has 0 bridgehead atoms. The van der Waals surface area contributed by atoms with Crippen LogP contribution in [0.25, 0.3) is 0 Å². The molecule has 1 N–H and O–H groups in total. The molecule has 4 rings (SSSR count). The topological polar surface area (TPSA) is 71.1 Å². The molecular formula is C28H43N3O4. The molecule has 1 aromatic rings. The van der Waals surface area contributed by atoms with E-state index in [1.54, 1.807) is 4.90 Å². The fourth-order valence-corrected chi connectivity index (χ4v) is 5.74. The molecule has 1 unspecified atom stereocenters. The lowest BCUT2D eigenvalue weighted by Gasteiger charge is -2.36. The van der Waals surface area contributed by atoms with Crippen molar-refractivity contribution in [3.05, 3.63) is 29.8 Å². The molecule has 3 aliphatic heterocycles. The second-order valence-electron chi connectivity index (χ2n) is 11.4. The average Bonchev–Trinajstić information content (AvgIpc) is 3.42. The third kappa shape index (κ3) is 6.49. The van der Waals surface area contributed by atoms with Gasteiger partial charge in [-0.05, 0) is 64.0 Å². The molecule has 2 saturated heterocycles. The van der Waals surface area contributed by atoms with E-state index in [1.165, 1.54) is 11.3 Å². The van der Waals surface area contributed by atoms with Gasteiger partial charge in [-0.2, -0.15) is 0 Å². The van der Waals surface area contributed by atoms with Gasteiger partial charge >= 0.3 is 6.09 Å². The van der Waals surface area contributed by atoms with E-state index >= 15 is 0 Å². The van der Waals surface area contributed by atoms with Gasteiger partial charge in [-0.15, -0.1) is 0 Å². The maximum Gasteiger partial charge on any atom is 0.410 e. The summed E-state index contributed by atoms with van der Waals surface area (Å²) in [6.45, 7) is 11.5. The molecule has 2 fully saturated rings. The fourth-order valence-electron chi connectivity index (χ4n) is 5.74. The van der Waals surface area contributed by atoms with Crippen LogP contribution in [0.3, 0.4) is 0 Å². The lowest BCUT2D eigenvalue weighted by molar-refractivity contribution is -0.133. The monoisotopic (exact) mass is 485 g/mol. The first-order chi connectivity index (χ1) is 16.7. The second-order valence-corrected chi connectivity index (χ2v) is 11.4. The molecule has 0 radical (unpaired) electrons. The number of piperidine rings is 1. The first-order valence-electron chi connectivity index (χ1n) is 13.5. The maximum absolute atomic E-state index is 13.3. The first kappa shape index (κ1) is 25.8. The molecule has 2 amide bonds. The number of rotatable bonds is 7. The number of nitrogens with one attached hydrogen (secondary N) is 1. The Morgan fingerprint density at radius 2 is 1.89 bits per heavy atom. The van der Waals surface area contributed by atoms with Crippen LogP contribution in [0, 0.1) is 5.92 Å². The quantitative estimate of drug-likeness (QED) is 0.549.